The largest absolute Gasteiger partial charge is 0.396 e. The summed E-state index contributed by atoms with van der Waals surface area (Å²) in [6, 6.07) is 9.81. The molecule has 3 rings (SSSR count). The van der Waals surface area contributed by atoms with Gasteiger partial charge in [-0.1, -0.05) is 12.1 Å². The van der Waals surface area contributed by atoms with Crippen molar-refractivity contribution in [2.24, 2.45) is 7.05 Å². The highest BCUT2D eigenvalue weighted by Gasteiger charge is 2.10. The summed E-state index contributed by atoms with van der Waals surface area (Å²) in [7, 11) is 1.95. The number of nitrogens with zero attached hydrogens (tertiary/aromatic N) is 3. The Morgan fingerprint density at radius 2 is 2.09 bits per heavy atom. The summed E-state index contributed by atoms with van der Waals surface area (Å²) in [6.07, 6.45) is 2.62. The van der Waals surface area contributed by atoms with E-state index in [-0.39, 0.29) is 6.61 Å². The maximum Gasteiger partial charge on any atom is 0.246 e. The monoisotopic (exact) mass is 361 g/mol. The normalized spacial score (nSPS) is 10.9. The standard InChI is InChI=1S/C15H16BrN5O/c1-21-9-11(16)8-13(21)14-18-15(20-19-14)17-12-4-2-10(3-5-12)6-7-22/h2-5,8-9,22H,6-7H2,1H3,(H2,17,18,19,20). The van der Waals surface area contributed by atoms with E-state index < -0.39 is 0 Å². The van der Waals surface area contributed by atoms with Gasteiger partial charge in [0.05, 0.1) is 5.69 Å². The topological polar surface area (TPSA) is 78.8 Å². The Morgan fingerprint density at radius 1 is 1.32 bits per heavy atom. The molecule has 7 heteroatoms. The molecule has 0 aliphatic rings. The van der Waals surface area contributed by atoms with E-state index in [9.17, 15) is 0 Å². The van der Waals surface area contributed by atoms with E-state index in [1.54, 1.807) is 0 Å². The molecule has 0 aliphatic heterocycles. The smallest absolute Gasteiger partial charge is 0.246 e. The zero-order valence-corrected chi connectivity index (χ0v) is 13.6. The summed E-state index contributed by atoms with van der Waals surface area (Å²) < 4.78 is 2.97. The molecule has 0 amide bonds. The van der Waals surface area contributed by atoms with Crippen molar-refractivity contribution in [1.82, 2.24) is 19.7 Å². The van der Waals surface area contributed by atoms with Gasteiger partial charge in [0.1, 0.15) is 0 Å². The number of benzene rings is 1. The van der Waals surface area contributed by atoms with Crippen molar-refractivity contribution >= 4 is 27.6 Å². The lowest BCUT2D eigenvalue weighted by Crippen LogP contribution is -1.94. The van der Waals surface area contributed by atoms with Crippen LogP contribution in [0.1, 0.15) is 5.56 Å². The second kappa shape index (κ2) is 6.33. The molecule has 22 heavy (non-hydrogen) atoms. The first kappa shape index (κ1) is 14.8. The number of aliphatic hydroxyl groups excluding tert-OH is 1. The molecule has 0 saturated heterocycles. The van der Waals surface area contributed by atoms with Gasteiger partial charge < -0.3 is 15.0 Å². The number of H-pyrrole nitrogens is 1. The molecule has 0 atom stereocenters. The van der Waals surface area contributed by atoms with Crippen LogP contribution in [-0.2, 0) is 13.5 Å². The fourth-order valence-corrected chi connectivity index (χ4v) is 2.73. The summed E-state index contributed by atoms with van der Waals surface area (Å²) in [6.45, 7) is 0.156. The number of rotatable bonds is 5. The molecule has 2 heterocycles. The Morgan fingerprint density at radius 3 is 2.73 bits per heavy atom. The van der Waals surface area contributed by atoms with E-state index in [2.05, 4.69) is 36.4 Å². The van der Waals surface area contributed by atoms with Gasteiger partial charge in [-0.2, -0.15) is 4.98 Å². The van der Waals surface area contributed by atoms with Crippen LogP contribution in [0, 0.1) is 0 Å². The molecule has 114 valence electrons. The Kier molecular flexibility index (Phi) is 4.26. The van der Waals surface area contributed by atoms with Crippen molar-refractivity contribution in [3.8, 4) is 11.5 Å². The van der Waals surface area contributed by atoms with Crippen molar-refractivity contribution in [3.63, 3.8) is 0 Å². The molecular formula is C15H16BrN5O. The summed E-state index contributed by atoms with van der Waals surface area (Å²) in [5.41, 5.74) is 2.95. The second-order valence-corrected chi connectivity index (χ2v) is 5.87. The van der Waals surface area contributed by atoms with E-state index in [0.29, 0.717) is 18.2 Å². The van der Waals surface area contributed by atoms with E-state index >= 15 is 0 Å². The average molecular weight is 362 g/mol. The first-order valence-electron chi connectivity index (χ1n) is 6.87. The fraction of sp³-hybridized carbons (Fsp3) is 0.200. The number of aryl methyl sites for hydroxylation is 1. The van der Waals surface area contributed by atoms with Crippen LogP contribution in [-0.4, -0.2) is 31.5 Å². The minimum Gasteiger partial charge on any atom is -0.396 e. The Bertz CT molecular complexity index is 763. The van der Waals surface area contributed by atoms with Gasteiger partial charge in [0.25, 0.3) is 0 Å². The van der Waals surface area contributed by atoms with Crippen molar-refractivity contribution in [1.29, 1.82) is 0 Å². The Labute approximate surface area is 136 Å². The molecule has 2 aromatic heterocycles. The van der Waals surface area contributed by atoms with Crippen LogP contribution in [0.15, 0.2) is 41.0 Å². The van der Waals surface area contributed by atoms with Crippen LogP contribution in [0.5, 0.6) is 0 Å². The molecule has 0 spiro atoms. The van der Waals surface area contributed by atoms with Crippen molar-refractivity contribution < 1.29 is 5.11 Å². The number of aromatic nitrogens is 4. The van der Waals surface area contributed by atoms with Gasteiger partial charge in [-0.15, -0.1) is 5.10 Å². The molecule has 0 fully saturated rings. The summed E-state index contributed by atoms with van der Waals surface area (Å²) >= 11 is 3.44. The zero-order valence-electron chi connectivity index (χ0n) is 12.0. The number of halogens is 1. The highest BCUT2D eigenvalue weighted by Crippen LogP contribution is 2.23. The molecular weight excluding hydrogens is 346 g/mol. The molecule has 0 unspecified atom stereocenters. The summed E-state index contributed by atoms with van der Waals surface area (Å²) in [4.78, 5) is 4.45. The number of aliphatic hydroxyl groups is 1. The average Bonchev–Trinajstić information content (AvgIpc) is 3.07. The van der Waals surface area contributed by atoms with Crippen LogP contribution in [0.4, 0.5) is 11.6 Å². The lowest BCUT2D eigenvalue weighted by Gasteiger charge is -2.03. The highest BCUT2D eigenvalue weighted by atomic mass is 79.9. The molecule has 1 aromatic carbocycles. The van der Waals surface area contributed by atoms with Gasteiger partial charge in [-0.3, -0.25) is 5.10 Å². The summed E-state index contributed by atoms with van der Waals surface area (Å²) in [5, 5.41) is 19.2. The number of hydrogen-bond acceptors (Lipinski definition) is 4. The van der Waals surface area contributed by atoms with Crippen LogP contribution in [0.3, 0.4) is 0 Å². The minimum absolute atomic E-state index is 0.156. The van der Waals surface area contributed by atoms with Crippen molar-refractivity contribution in [3.05, 3.63) is 46.6 Å². The molecule has 0 bridgehead atoms. The summed E-state index contributed by atoms with van der Waals surface area (Å²) in [5.74, 6) is 1.22. The van der Waals surface area contributed by atoms with Crippen LogP contribution in [0.25, 0.3) is 11.5 Å². The lowest BCUT2D eigenvalue weighted by molar-refractivity contribution is 0.299. The molecule has 3 aromatic rings. The van der Waals surface area contributed by atoms with Crippen LogP contribution < -0.4 is 5.32 Å². The van der Waals surface area contributed by atoms with Gasteiger partial charge in [-0.25, -0.2) is 0 Å². The number of hydrogen-bond donors (Lipinski definition) is 3. The SMILES string of the molecule is Cn1cc(Br)cc1-c1nc(Nc2ccc(CCO)cc2)n[nH]1. The van der Waals surface area contributed by atoms with Gasteiger partial charge in [0, 0.05) is 30.0 Å². The van der Waals surface area contributed by atoms with Gasteiger partial charge >= 0.3 is 0 Å². The Hall–Kier alpha value is -2.12. The minimum atomic E-state index is 0.156. The van der Waals surface area contributed by atoms with Crippen molar-refractivity contribution in [2.45, 2.75) is 6.42 Å². The number of anilines is 2. The first-order valence-corrected chi connectivity index (χ1v) is 7.66. The quantitative estimate of drug-likeness (QED) is 0.652. The molecule has 3 N–H and O–H groups in total. The van der Waals surface area contributed by atoms with E-state index in [4.69, 9.17) is 5.11 Å². The third-order valence-corrected chi connectivity index (χ3v) is 3.74. The zero-order chi connectivity index (χ0) is 15.5. The fourth-order valence-electron chi connectivity index (χ4n) is 2.20. The predicted octanol–water partition coefficient (Wildman–Crippen LogP) is 2.85. The first-order chi connectivity index (χ1) is 10.7. The van der Waals surface area contributed by atoms with Gasteiger partial charge in [0.2, 0.25) is 5.95 Å². The van der Waals surface area contributed by atoms with E-state index in [1.807, 2.05) is 48.1 Å². The van der Waals surface area contributed by atoms with E-state index in [0.717, 1.165) is 21.4 Å². The maximum atomic E-state index is 8.91. The van der Waals surface area contributed by atoms with Crippen LogP contribution in [0.2, 0.25) is 0 Å². The van der Waals surface area contributed by atoms with Gasteiger partial charge in [0.15, 0.2) is 5.82 Å². The molecule has 0 aliphatic carbocycles. The highest BCUT2D eigenvalue weighted by molar-refractivity contribution is 9.10. The third kappa shape index (κ3) is 3.20. The number of aromatic amines is 1. The molecule has 0 radical (unpaired) electrons. The molecule has 6 nitrogen and oxygen atoms in total. The second-order valence-electron chi connectivity index (χ2n) is 4.96. The third-order valence-electron chi connectivity index (χ3n) is 3.31. The number of nitrogens with one attached hydrogen (secondary N) is 2. The lowest BCUT2D eigenvalue weighted by atomic mass is 10.1. The van der Waals surface area contributed by atoms with Gasteiger partial charge in [-0.05, 0) is 46.1 Å². The van der Waals surface area contributed by atoms with Crippen LogP contribution >= 0.6 is 15.9 Å². The Balaban J connectivity index is 1.75. The van der Waals surface area contributed by atoms with E-state index in [1.165, 1.54) is 0 Å². The van der Waals surface area contributed by atoms with Crippen molar-refractivity contribution in [2.75, 3.05) is 11.9 Å². The predicted molar refractivity (Wildman–Crippen MR) is 89.0 cm³/mol. The maximum absolute atomic E-state index is 8.91. The molecule has 0 saturated carbocycles.